The number of ether oxygens (including phenoxy) is 1. The molecule has 0 aromatic carbocycles. The largest absolute Gasteiger partial charge is 0.379 e. The molecule has 3 heterocycles. The summed E-state index contributed by atoms with van der Waals surface area (Å²) in [5, 5.41) is 5.07. The van der Waals surface area contributed by atoms with Gasteiger partial charge in [-0.15, -0.1) is 0 Å². The average Bonchev–Trinajstić information content (AvgIpc) is 2.76. The number of hydrogen-bond acceptors (Lipinski definition) is 7. The number of nitrogens with two attached hydrogens (primary N) is 1. The topological polar surface area (TPSA) is 91.7 Å². The summed E-state index contributed by atoms with van der Waals surface area (Å²) in [6, 6.07) is 1.80. The molecule has 0 bridgehead atoms. The van der Waals surface area contributed by atoms with Crippen molar-refractivity contribution < 1.29 is 4.74 Å². The second-order valence-electron chi connectivity index (χ2n) is 3.50. The van der Waals surface area contributed by atoms with Gasteiger partial charge in [-0.3, -0.25) is 0 Å². The highest BCUT2D eigenvalue weighted by Gasteiger charge is 2.21. The van der Waals surface area contributed by atoms with Gasteiger partial charge in [0.2, 0.25) is 5.95 Å². The molecule has 1 aliphatic rings. The lowest BCUT2D eigenvalue weighted by Gasteiger charge is -2.24. The van der Waals surface area contributed by atoms with Gasteiger partial charge in [0.05, 0.1) is 18.5 Å². The number of nitrogen functional groups attached to an aromatic ring is 1. The Morgan fingerprint density at radius 1 is 1.35 bits per heavy atom. The van der Waals surface area contributed by atoms with Crippen molar-refractivity contribution >= 4 is 17.7 Å². The lowest BCUT2D eigenvalue weighted by Crippen LogP contribution is -2.30. The van der Waals surface area contributed by atoms with Gasteiger partial charge < -0.3 is 10.5 Å². The summed E-state index contributed by atoms with van der Waals surface area (Å²) in [5.74, 6) is 0.637. The van der Waals surface area contributed by atoms with Crippen molar-refractivity contribution in [3.05, 3.63) is 18.5 Å². The van der Waals surface area contributed by atoms with Crippen LogP contribution < -0.4 is 5.73 Å². The highest BCUT2D eigenvalue weighted by Crippen LogP contribution is 2.25. The second-order valence-corrected chi connectivity index (χ2v) is 4.77. The van der Waals surface area contributed by atoms with Crippen LogP contribution >= 0.6 is 11.8 Å². The fourth-order valence-corrected chi connectivity index (χ4v) is 2.24. The van der Waals surface area contributed by atoms with E-state index < -0.39 is 0 Å². The zero-order valence-corrected chi connectivity index (χ0v) is 9.67. The summed E-state index contributed by atoms with van der Waals surface area (Å²) in [5.41, 5.74) is 5.65. The summed E-state index contributed by atoms with van der Waals surface area (Å²) in [7, 11) is 0. The molecule has 88 valence electrons. The molecule has 17 heavy (non-hydrogen) atoms. The van der Waals surface area contributed by atoms with E-state index in [1.54, 1.807) is 34.9 Å². The summed E-state index contributed by atoms with van der Waals surface area (Å²) in [6.07, 6.45) is 3.42. The summed E-state index contributed by atoms with van der Waals surface area (Å²) < 4.78 is 6.65. The van der Waals surface area contributed by atoms with Crippen molar-refractivity contribution in [2.24, 2.45) is 0 Å². The Morgan fingerprint density at radius 2 is 2.24 bits per heavy atom. The Balaban J connectivity index is 1.89. The smallest absolute Gasteiger partial charge is 0.256 e. The Morgan fingerprint density at radius 3 is 2.88 bits per heavy atom. The fraction of sp³-hybridized carbons (Fsp3) is 0.333. The van der Waals surface area contributed by atoms with E-state index in [9.17, 15) is 0 Å². The second kappa shape index (κ2) is 4.30. The lowest BCUT2D eigenvalue weighted by molar-refractivity contribution is 0.0454. The first-order valence-electron chi connectivity index (χ1n) is 5.07. The van der Waals surface area contributed by atoms with Gasteiger partial charge in [0, 0.05) is 12.4 Å². The minimum Gasteiger partial charge on any atom is -0.379 e. The van der Waals surface area contributed by atoms with Crippen molar-refractivity contribution in [3.63, 3.8) is 0 Å². The van der Waals surface area contributed by atoms with Crippen LogP contribution in [0.2, 0.25) is 0 Å². The van der Waals surface area contributed by atoms with Gasteiger partial charge in [-0.1, -0.05) is 11.8 Å². The maximum absolute atomic E-state index is 5.65. The Kier molecular flexibility index (Phi) is 2.65. The summed E-state index contributed by atoms with van der Waals surface area (Å²) in [6.45, 7) is 1.46. The highest BCUT2D eigenvalue weighted by atomic mass is 32.2. The summed E-state index contributed by atoms with van der Waals surface area (Å²) >= 11 is 1.55. The van der Waals surface area contributed by atoms with Crippen molar-refractivity contribution in [3.8, 4) is 5.95 Å². The first-order valence-corrected chi connectivity index (χ1v) is 5.95. The highest BCUT2D eigenvalue weighted by molar-refractivity contribution is 7.99. The van der Waals surface area contributed by atoms with E-state index in [2.05, 4.69) is 20.1 Å². The molecule has 1 fully saturated rings. The van der Waals surface area contributed by atoms with E-state index in [1.807, 2.05) is 0 Å². The van der Waals surface area contributed by atoms with Crippen LogP contribution in [0.4, 0.5) is 5.95 Å². The number of anilines is 1. The van der Waals surface area contributed by atoms with Gasteiger partial charge in [0.1, 0.15) is 0 Å². The van der Waals surface area contributed by atoms with E-state index in [0.29, 0.717) is 16.4 Å². The molecule has 7 nitrogen and oxygen atoms in total. The Hall–Kier alpha value is -1.67. The fourth-order valence-electron chi connectivity index (χ4n) is 1.33. The molecule has 0 aliphatic carbocycles. The predicted molar refractivity (Wildman–Crippen MR) is 61.8 cm³/mol. The molecular weight excluding hydrogens is 240 g/mol. The van der Waals surface area contributed by atoms with E-state index in [4.69, 9.17) is 10.5 Å². The van der Waals surface area contributed by atoms with E-state index in [-0.39, 0.29) is 5.95 Å². The Bertz CT molecular complexity index is 512. The van der Waals surface area contributed by atoms with Gasteiger partial charge in [0.15, 0.2) is 5.16 Å². The molecule has 0 radical (unpaired) electrons. The summed E-state index contributed by atoms with van der Waals surface area (Å²) in [4.78, 5) is 12.4. The molecule has 2 aromatic rings. The van der Waals surface area contributed by atoms with Gasteiger partial charge in [-0.05, 0) is 6.07 Å². The molecule has 2 N–H and O–H groups in total. The van der Waals surface area contributed by atoms with Crippen LogP contribution in [0.1, 0.15) is 0 Å². The van der Waals surface area contributed by atoms with E-state index in [0.717, 1.165) is 13.2 Å². The molecule has 0 spiro atoms. The number of hydrogen-bond donors (Lipinski definition) is 1. The average molecular weight is 250 g/mol. The van der Waals surface area contributed by atoms with Crippen molar-refractivity contribution in [2.75, 3.05) is 18.9 Å². The van der Waals surface area contributed by atoms with Gasteiger partial charge in [0.25, 0.3) is 5.95 Å². The maximum Gasteiger partial charge on any atom is 0.256 e. The minimum atomic E-state index is 0.202. The van der Waals surface area contributed by atoms with Crippen LogP contribution in [0.15, 0.2) is 23.6 Å². The normalized spacial score (nSPS) is 15.8. The van der Waals surface area contributed by atoms with Gasteiger partial charge in [-0.25, -0.2) is 4.68 Å². The van der Waals surface area contributed by atoms with Crippen LogP contribution in [0.5, 0.6) is 0 Å². The maximum atomic E-state index is 5.65. The third-order valence-corrected chi connectivity index (χ3v) is 3.21. The molecule has 1 aliphatic heterocycles. The molecular formula is C9H10N6OS. The van der Waals surface area contributed by atoms with E-state index >= 15 is 0 Å². The van der Waals surface area contributed by atoms with Crippen molar-refractivity contribution in [2.45, 2.75) is 10.4 Å². The van der Waals surface area contributed by atoms with Crippen molar-refractivity contribution in [1.29, 1.82) is 0 Å². The molecule has 0 amide bonds. The number of aromatic nitrogens is 5. The number of nitrogens with zero attached hydrogens (tertiary/aromatic N) is 5. The molecule has 8 heteroatoms. The first-order chi connectivity index (χ1) is 8.31. The molecule has 0 saturated carbocycles. The lowest BCUT2D eigenvalue weighted by atomic mass is 10.4. The van der Waals surface area contributed by atoms with Gasteiger partial charge >= 0.3 is 0 Å². The molecule has 1 saturated heterocycles. The third kappa shape index (κ3) is 2.22. The molecule has 0 atom stereocenters. The molecule has 0 unspecified atom stereocenters. The van der Waals surface area contributed by atoms with E-state index in [1.165, 1.54) is 0 Å². The van der Waals surface area contributed by atoms with Gasteiger partial charge in [-0.2, -0.15) is 20.1 Å². The zero-order valence-electron chi connectivity index (χ0n) is 8.85. The zero-order chi connectivity index (χ0) is 11.7. The third-order valence-electron chi connectivity index (χ3n) is 2.21. The SMILES string of the molecule is Nc1nc(SC2COC2)nc(-n2cccn2)n1. The monoisotopic (exact) mass is 250 g/mol. The number of rotatable bonds is 3. The quantitative estimate of drug-likeness (QED) is 0.827. The van der Waals surface area contributed by atoms with Crippen LogP contribution in [0.3, 0.4) is 0 Å². The molecule has 2 aromatic heterocycles. The molecule has 3 rings (SSSR count). The van der Waals surface area contributed by atoms with Crippen LogP contribution in [-0.2, 0) is 4.74 Å². The Labute approximate surface area is 101 Å². The number of thioether (sulfide) groups is 1. The van der Waals surface area contributed by atoms with Crippen LogP contribution in [-0.4, -0.2) is 43.2 Å². The predicted octanol–water partition coefficient (Wildman–Crippen LogP) is 0.130. The minimum absolute atomic E-state index is 0.202. The van der Waals surface area contributed by atoms with Crippen LogP contribution in [0, 0.1) is 0 Å². The first kappa shape index (κ1) is 10.5. The van der Waals surface area contributed by atoms with Crippen molar-refractivity contribution in [1.82, 2.24) is 24.7 Å². The standard InChI is InChI=1S/C9H10N6OS/c10-7-12-8(15-3-1-2-11-15)14-9(13-7)17-6-4-16-5-6/h1-3,6H,4-5H2,(H2,10,12,13,14). The van der Waals surface area contributed by atoms with Crippen LogP contribution in [0.25, 0.3) is 5.95 Å².